The number of rotatable bonds is 7. The minimum Gasteiger partial charge on any atom is -0.396 e. The van der Waals surface area contributed by atoms with Crippen LogP contribution in [0.4, 0.5) is 4.79 Å². The molecule has 0 aromatic heterocycles. The zero-order chi connectivity index (χ0) is 18.1. The number of aliphatic hydroxyl groups is 1. The molecule has 25 heavy (non-hydrogen) atoms. The molecule has 1 aliphatic rings. The SMILES string of the molecule is CC(CO)C(C)NC(=O)NCc1cccc(CN2CCCCCC2)c1. The summed E-state index contributed by atoms with van der Waals surface area (Å²) in [6.07, 6.45) is 5.30. The Morgan fingerprint density at radius 2 is 1.84 bits per heavy atom. The summed E-state index contributed by atoms with van der Waals surface area (Å²) < 4.78 is 0. The highest BCUT2D eigenvalue weighted by atomic mass is 16.3. The van der Waals surface area contributed by atoms with Gasteiger partial charge in [-0.05, 0) is 49.9 Å². The van der Waals surface area contributed by atoms with Crippen LogP contribution in [0.5, 0.6) is 0 Å². The van der Waals surface area contributed by atoms with E-state index < -0.39 is 0 Å². The molecule has 1 saturated heterocycles. The molecule has 140 valence electrons. The topological polar surface area (TPSA) is 64.6 Å². The minimum atomic E-state index is -0.189. The zero-order valence-corrected chi connectivity index (χ0v) is 15.6. The number of urea groups is 1. The van der Waals surface area contributed by atoms with Gasteiger partial charge in [-0.3, -0.25) is 4.90 Å². The maximum absolute atomic E-state index is 12.0. The average molecular weight is 348 g/mol. The van der Waals surface area contributed by atoms with Crippen LogP contribution in [0.25, 0.3) is 0 Å². The number of aliphatic hydroxyl groups excluding tert-OH is 1. The number of hydrogen-bond donors (Lipinski definition) is 3. The van der Waals surface area contributed by atoms with Gasteiger partial charge in [0.1, 0.15) is 0 Å². The van der Waals surface area contributed by atoms with E-state index in [1.54, 1.807) is 0 Å². The summed E-state index contributed by atoms with van der Waals surface area (Å²) in [6.45, 7) is 7.77. The fourth-order valence-electron chi connectivity index (χ4n) is 3.13. The van der Waals surface area contributed by atoms with Gasteiger partial charge in [-0.15, -0.1) is 0 Å². The lowest BCUT2D eigenvalue weighted by Gasteiger charge is -2.20. The van der Waals surface area contributed by atoms with Crippen molar-refractivity contribution in [3.8, 4) is 0 Å². The molecule has 2 unspecified atom stereocenters. The second kappa shape index (κ2) is 10.4. The summed E-state index contributed by atoms with van der Waals surface area (Å²) in [5.41, 5.74) is 2.43. The first-order chi connectivity index (χ1) is 12.1. The third-order valence-corrected chi connectivity index (χ3v) is 5.05. The van der Waals surface area contributed by atoms with Crippen molar-refractivity contribution >= 4 is 6.03 Å². The van der Waals surface area contributed by atoms with E-state index in [4.69, 9.17) is 5.11 Å². The molecule has 1 aliphatic heterocycles. The predicted octanol–water partition coefficient (Wildman–Crippen LogP) is 2.88. The smallest absolute Gasteiger partial charge is 0.315 e. The lowest BCUT2D eigenvalue weighted by atomic mass is 10.1. The van der Waals surface area contributed by atoms with Gasteiger partial charge in [0.2, 0.25) is 0 Å². The average Bonchev–Trinajstić information content (AvgIpc) is 2.88. The Hall–Kier alpha value is -1.59. The first-order valence-electron chi connectivity index (χ1n) is 9.54. The molecule has 5 nitrogen and oxygen atoms in total. The predicted molar refractivity (Wildman–Crippen MR) is 101 cm³/mol. The number of nitrogens with zero attached hydrogens (tertiary/aromatic N) is 1. The first kappa shape index (κ1) is 19.7. The van der Waals surface area contributed by atoms with E-state index >= 15 is 0 Å². The van der Waals surface area contributed by atoms with Crippen LogP contribution in [0.15, 0.2) is 24.3 Å². The van der Waals surface area contributed by atoms with Crippen LogP contribution in [-0.4, -0.2) is 41.8 Å². The van der Waals surface area contributed by atoms with E-state index in [1.807, 2.05) is 19.9 Å². The van der Waals surface area contributed by atoms with E-state index in [0.29, 0.717) is 6.54 Å². The third kappa shape index (κ3) is 7.04. The van der Waals surface area contributed by atoms with Gasteiger partial charge in [-0.25, -0.2) is 4.79 Å². The number of hydrogen-bond acceptors (Lipinski definition) is 3. The van der Waals surface area contributed by atoms with Crippen molar-refractivity contribution in [1.29, 1.82) is 0 Å². The Bertz CT molecular complexity index is 527. The van der Waals surface area contributed by atoms with Crippen LogP contribution >= 0.6 is 0 Å². The number of carbonyl (C=O) groups is 1. The summed E-state index contributed by atoms with van der Waals surface area (Å²) in [7, 11) is 0. The molecular formula is C20H33N3O2. The number of nitrogens with one attached hydrogen (secondary N) is 2. The quantitative estimate of drug-likeness (QED) is 0.711. The number of amides is 2. The van der Waals surface area contributed by atoms with Crippen LogP contribution in [0.3, 0.4) is 0 Å². The Morgan fingerprint density at radius 3 is 2.52 bits per heavy atom. The monoisotopic (exact) mass is 347 g/mol. The van der Waals surface area contributed by atoms with Crippen molar-refractivity contribution in [2.75, 3.05) is 19.7 Å². The highest BCUT2D eigenvalue weighted by Gasteiger charge is 2.13. The molecule has 1 heterocycles. The molecule has 2 atom stereocenters. The Morgan fingerprint density at radius 1 is 1.16 bits per heavy atom. The van der Waals surface area contributed by atoms with Crippen molar-refractivity contribution in [3.05, 3.63) is 35.4 Å². The molecule has 0 saturated carbocycles. The molecule has 2 amide bonds. The van der Waals surface area contributed by atoms with Crippen LogP contribution in [-0.2, 0) is 13.1 Å². The summed E-state index contributed by atoms with van der Waals surface area (Å²) in [5.74, 6) is 0.0442. The van der Waals surface area contributed by atoms with E-state index in [0.717, 1.165) is 12.1 Å². The maximum atomic E-state index is 12.0. The summed E-state index contributed by atoms with van der Waals surface area (Å²) in [5, 5.41) is 14.9. The van der Waals surface area contributed by atoms with Crippen molar-refractivity contribution in [3.63, 3.8) is 0 Å². The summed E-state index contributed by atoms with van der Waals surface area (Å²) in [6, 6.07) is 8.22. The zero-order valence-electron chi connectivity index (χ0n) is 15.6. The first-order valence-corrected chi connectivity index (χ1v) is 9.54. The Balaban J connectivity index is 1.81. The van der Waals surface area contributed by atoms with E-state index in [-0.39, 0.29) is 24.6 Å². The minimum absolute atomic E-state index is 0.0442. The van der Waals surface area contributed by atoms with Crippen LogP contribution in [0.1, 0.15) is 50.7 Å². The molecule has 1 aromatic carbocycles. The van der Waals surface area contributed by atoms with Crippen LogP contribution in [0.2, 0.25) is 0 Å². The van der Waals surface area contributed by atoms with Crippen molar-refractivity contribution < 1.29 is 9.90 Å². The molecule has 2 rings (SSSR count). The molecule has 5 heteroatoms. The van der Waals surface area contributed by atoms with Gasteiger partial charge in [-0.1, -0.05) is 44.0 Å². The van der Waals surface area contributed by atoms with Crippen molar-refractivity contribution in [1.82, 2.24) is 15.5 Å². The third-order valence-electron chi connectivity index (χ3n) is 5.05. The highest BCUT2D eigenvalue weighted by molar-refractivity contribution is 5.74. The van der Waals surface area contributed by atoms with E-state index in [2.05, 4.69) is 33.7 Å². The number of likely N-dealkylation sites (tertiary alicyclic amines) is 1. The van der Waals surface area contributed by atoms with Crippen molar-refractivity contribution in [2.45, 2.75) is 58.7 Å². The fourth-order valence-corrected chi connectivity index (χ4v) is 3.13. The van der Waals surface area contributed by atoms with Gasteiger partial charge < -0.3 is 15.7 Å². The van der Waals surface area contributed by atoms with Crippen LogP contribution in [0, 0.1) is 5.92 Å². The number of carbonyl (C=O) groups excluding carboxylic acids is 1. The van der Waals surface area contributed by atoms with Gasteiger partial charge in [0.05, 0.1) is 0 Å². The summed E-state index contributed by atoms with van der Waals surface area (Å²) in [4.78, 5) is 14.5. The van der Waals surface area contributed by atoms with Gasteiger partial charge in [0.25, 0.3) is 0 Å². The molecule has 3 N–H and O–H groups in total. The Kier molecular flexibility index (Phi) is 8.22. The largest absolute Gasteiger partial charge is 0.396 e. The highest BCUT2D eigenvalue weighted by Crippen LogP contribution is 2.14. The van der Waals surface area contributed by atoms with E-state index in [1.165, 1.54) is 44.3 Å². The standard InChI is InChI=1S/C20H33N3O2/c1-16(15-24)17(2)22-20(25)21-13-18-8-7-9-19(12-18)14-23-10-5-3-4-6-11-23/h7-9,12,16-17,24H,3-6,10-11,13-15H2,1-2H3,(H2,21,22,25). The summed E-state index contributed by atoms with van der Waals surface area (Å²) >= 11 is 0. The normalized spacial score (nSPS) is 18.2. The number of benzene rings is 1. The van der Waals surface area contributed by atoms with E-state index in [9.17, 15) is 4.79 Å². The molecule has 0 bridgehead atoms. The fraction of sp³-hybridized carbons (Fsp3) is 0.650. The second-order valence-corrected chi connectivity index (χ2v) is 7.29. The molecule has 0 radical (unpaired) electrons. The van der Waals surface area contributed by atoms with Gasteiger partial charge in [0, 0.05) is 25.7 Å². The molecular weight excluding hydrogens is 314 g/mol. The molecule has 0 aliphatic carbocycles. The molecule has 0 spiro atoms. The maximum Gasteiger partial charge on any atom is 0.315 e. The van der Waals surface area contributed by atoms with Gasteiger partial charge in [-0.2, -0.15) is 0 Å². The van der Waals surface area contributed by atoms with Gasteiger partial charge in [0.15, 0.2) is 0 Å². The molecule has 1 fully saturated rings. The second-order valence-electron chi connectivity index (χ2n) is 7.29. The van der Waals surface area contributed by atoms with Crippen LogP contribution < -0.4 is 10.6 Å². The van der Waals surface area contributed by atoms with Gasteiger partial charge >= 0.3 is 6.03 Å². The lowest BCUT2D eigenvalue weighted by Crippen LogP contribution is -2.43. The lowest BCUT2D eigenvalue weighted by molar-refractivity contribution is 0.200. The van der Waals surface area contributed by atoms with Crippen molar-refractivity contribution in [2.24, 2.45) is 5.92 Å². The Labute approximate surface area is 151 Å². The molecule has 1 aromatic rings.